The maximum Gasteiger partial charge on any atom is 0.0128 e. The second kappa shape index (κ2) is 8.23. The van der Waals surface area contributed by atoms with Crippen LogP contribution in [0.3, 0.4) is 0 Å². The fraction of sp³-hybridized carbons (Fsp3) is 1.00. The van der Waals surface area contributed by atoms with Crippen molar-refractivity contribution in [2.45, 2.75) is 53.0 Å². The van der Waals surface area contributed by atoms with Crippen LogP contribution in [-0.2, 0) is 0 Å². The van der Waals surface area contributed by atoms with Crippen LogP contribution in [0.25, 0.3) is 0 Å². The summed E-state index contributed by atoms with van der Waals surface area (Å²) in [6, 6.07) is 0.617. The summed E-state index contributed by atoms with van der Waals surface area (Å²) in [5.74, 6) is 0. The van der Waals surface area contributed by atoms with Crippen molar-refractivity contribution in [2.24, 2.45) is 5.41 Å². The Morgan fingerprint density at radius 1 is 1.16 bits per heavy atom. The van der Waals surface area contributed by atoms with Gasteiger partial charge in [0.05, 0.1) is 0 Å². The fourth-order valence-corrected chi connectivity index (χ4v) is 2.87. The molecule has 1 saturated heterocycles. The Balaban J connectivity index is 2.20. The molecule has 1 N–H and O–H groups in total. The molecule has 0 radical (unpaired) electrons. The molecule has 1 aliphatic heterocycles. The van der Waals surface area contributed by atoms with E-state index in [1.165, 1.54) is 52.0 Å². The van der Waals surface area contributed by atoms with Gasteiger partial charge in [-0.1, -0.05) is 27.7 Å². The lowest BCUT2D eigenvalue weighted by molar-refractivity contribution is 0.209. The minimum absolute atomic E-state index is 0.353. The van der Waals surface area contributed by atoms with Crippen LogP contribution in [0.2, 0.25) is 0 Å². The summed E-state index contributed by atoms with van der Waals surface area (Å²) < 4.78 is 0. The van der Waals surface area contributed by atoms with E-state index in [1.807, 2.05) is 0 Å². The van der Waals surface area contributed by atoms with Crippen molar-refractivity contribution in [3.05, 3.63) is 0 Å². The number of rotatable bonds is 8. The zero-order valence-corrected chi connectivity index (χ0v) is 13.8. The fourth-order valence-electron chi connectivity index (χ4n) is 2.87. The number of nitrogens with zero attached hydrogens (tertiary/aromatic N) is 2. The Bertz CT molecular complexity index is 229. The quantitative estimate of drug-likeness (QED) is 0.730. The van der Waals surface area contributed by atoms with Gasteiger partial charge in [0.1, 0.15) is 0 Å². The molecule has 0 spiro atoms. The molecule has 0 aliphatic carbocycles. The minimum atomic E-state index is 0.353. The van der Waals surface area contributed by atoms with Crippen molar-refractivity contribution >= 4 is 0 Å². The minimum Gasteiger partial charge on any atom is -0.314 e. The van der Waals surface area contributed by atoms with Crippen molar-refractivity contribution in [3.63, 3.8) is 0 Å². The van der Waals surface area contributed by atoms with E-state index in [0.29, 0.717) is 11.5 Å². The molecule has 1 fully saturated rings. The third-order valence-electron chi connectivity index (χ3n) is 4.29. The number of hydrogen-bond acceptors (Lipinski definition) is 3. The number of hydrogen-bond donors (Lipinski definition) is 1. The van der Waals surface area contributed by atoms with Gasteiger partial charge in [0, 0.05) is 19.1 Å². The monoisotopic (exact) mass is 269 g/mol. The highest BCUT2D eigenvalue weighted by Crippen LogP contribution is 2.21. The normalized spacial score (nSPS) is 19.3. The third kappa shape index (κ3) is 6.73. The molecule has 1 unspecified atom stereocenters. The topological polar surface area (TPSA) is 18.5 Å². The van der Waals surface area contributed by atoms with Crippen LogP contribution in [0, 0.1) is 5.41 Å². The van der Waals surface area contributed by atoms with E-state index in [-0.39, 0.29) is 0 Å². The molecule has 114 valence electrons. The summed E-state index contributed by atoms with van der Waals surface area (Å²) in [5, 5.41) is 3.64. The molecule has 0 bridgehead atoms. The van der Waals surface area contributed by atoms with Crippen LogP contribution < -0.4 is 5.32 Å². The Labute approximate surface area is 120 Å². The molecule has 1 rings (SSSR count). The summed E-state index contributed by atoms with van der Waals surface area (Å²) in [6.45, 7) is 16.6. The molecule has 19 heavy (non-hydrogen) atoms. The third-order valence-corrected chi connectivity index (χ3v) is 4.29. The van der Waals surface area contributed by atoms with Crippen molar-refractivity contribution in [2.75, 3.05) is 46.3 Å². The van der Waals surface area contributed by atoms with Gasteiger partial charge in [-0.05, 0) is 57.9 Å². The van der Waals surface area contributed by atoms with E-state index < -0.39 is 0 Å². The summed E-state index contributed by atoms with van der Waals surface area (Å²) in [4.78, 5) is 5.09. The predicted octanol–water partition coefficient (Wildman–Crippen LogP) is 2.43. The molecule has 1 aliphatic rings. The highest BCUT2D eigenvalue weighted by atomic mass is 15.2. The van der Waals surface area contributed by atoms with E-state index in [4.69, 9.17) is 0 Å². The summed E-state index contributed by atoms with van der Waals surface area (Å²) in [5.41, 5.74) is 0.353. The molecular weight excluding hydrogens is 234 g/mol. The van der Waals surface area contributed by atoms with Crippen LogP contribution in [0.4, 0.5) is 0 Å². The molecular formula is C16H35N3. The van der Waals surface area contributed by atoms with Gasteiger partial charge in [-0.25, -0.2) is 0 Å². The van der Waals surface area contributed by atoms with Gasteiger partial charge in [-0.2, -0.15) is 0 Å². The van der Waals surface area contributed by atoms with Crippen molar-refractivity contribution < 1.29 is 0 Å². The average molecular weight is 269 g/mol. The van der Waals surface area contributed by atoms with Crippen LogP contribution >= 0.6 is 0 Å². The zero-order valence-electron chi connectivity index (χ0n) is 13.8. The van der Waals surface area contributed by atoms with Crippen LogP contribution in [0.1, 0.15) is 47.0 Å². The Hall–Kier alpha value is -0.120. The molecule has 0 aromatic carbocycles. The largest absolute Gasteiger partial charge is 0.314 e. The van der Waals surface area contributed by atoms with Crippen LogP contribution in [-0.4, -0.2) is 62.2 Å². The predicted molar refractivity (Wildman–Crippen MR) is 84.7 cm³/mol. The standard InChI is InChI=1S/C16H35N3/c1-6-17-15(16(2,3)4)9-12-18(5)13-14-19-10-7-8-11-19/h15,17H,6-14H2,1-5H3. The first kappa shape index (κ1) is 16.9. The average Bonchev–Trinajstić information content (AvgIpc) is 2.83. The van der Waals surface area contributed by atoms with E-state index in [9.17, 15) is 0 Å². The smallest absolute Gasteiger partial charge is 0.0128 e. The SMILES string of the molecule is CCNC(CCN(C)CCN1CCCC1)C(C)(C)C. The Kier molecular flexibility index (Phi) is 7.33. The van der Waals surface area contributed by atoms with Gasteiger partial charge in [0.2, 0.25) is 0 Å². The van der Waals surface area contributed by atoms with Gasteiger partial charge in [0.25, 0.3) is 0 Å². The lowest BCUT2D eigenvalue weighted by Crippen LogP contribution is -2.43. The van der Waals surface area contributed by atoms with Crippen molar-refractivity contribution in [1.82, 2.24) is 15.1 Å². The zero-order chi connectivity index (χ0) is 14.3. The second-order valence-corrected chi connectivity index (χ2v) is 7.12. The van der Waals surface area contributed by atoms with Gasteiger partial charge < -0.3 is 15.1 Å². The number of nitrogens with one attached hydrogen (secondary N) is 1. The number of likely N-dealkylation sites (tertiary alicyclic amines) is 1. The highest BCUT2D eigenvalue weighted by molar-refractivity contribution is 4.81. The second-order valence-electron chi connectivity index (χ2n) is 7.12. The first-order chi connectivity index (χ1) is 8.93. The van der Waals surface area contributed by atoms with Gasteiger partial charge in [-0.3, -0.25) is 0 Å². The summed E-state index contributed by atoms with van der Waals surface area (Å²) >= 11 is 0. The van der Waals surface area contributed by atoms with E-state index >= 15 is 0 Å². The van der Waals surface area contributed by atoms with E-state index in [1.54, 1.807) is 0 Å². The lowest BCUT2D eigenvalue weighted by atomic mass is 9.84. The first-order valence-electron chi connectivity index (χ1n) is 8.07. The molecule has 1 heterocycles. The summed E-state index contributed by atoms with van der Waals surface area (Å²) in [6.07, 6.45) is 4.04. The molecule has 3 heteroatoms. The Morgan fingerprint density at radius 3 is 2.32 bits per heavy atom. The van der Waals surface area contributed by atoms with Crippen molar-refractivity contribution in [1.29, 1.82) is 0 Å². The lowest BCUT2D eigenvalue weighted by Gasteiger charge is -2.33. The molecule has 0 aromatic rings. The van der Waals surface area contributed by atoms with Gasteiger partial charge in [-0.15, -0.1) is 0 Å². The van der Waals surface area contributed by atoms with E-state index in [2.05, 4.69) is 49.9 Å². The molecule has 0 amide bonds. The van der Waals surface area contributed by atoms with Crippen molar-refractivity contribution in [3.8, 4) is 0 Å². The highest BCUT2D eigenvalue weighted by Gasteiger charge is 2.23. The Morgan fingerprint density at radius 2 is 1.79 bits per heavy atom. The maximum absolute atomic E-state index is 3.64. The van der Waals surface area contributed by atoms with Gasteiger partial charge in [0.15, 0.2) is 0 Å². The summed E-state index contributed by atoms with van der Waals surface area (Å²) in [7, 11) is 2.27. The molecule has 3 nitrogen and oxygen atoms in total. The van der Waals surface area contributed by atoms with Crippen LogP contribution in [0.15, 0.2) is 0 Å². The molecule has 0 aromatic heterocycles. The van der Waals surface area contributed by atoms with Gasteiger partial charge >= 0.3 is 0 Å². The molecule has 0 saturated carbocycles. The van der Waals surface area contributed by atoms with Crippen LogP contribution in [0.5, 0.6) is 0 Å². The number of likely N-dealkylation sites (N-methyl/N-ethyl adjacent to an activating group) is 1. The van der Waals surface area contributed by atoms with E-state index in [0.717, 1.165) is 6.54 Å². The molecule has 1 atom stereocenters. The first-order valence-corrected chi connectivity index (χ1v) is 8.07. The maximum atomic E-state index is 3.64.